The van der Waals surface area contributed by atoms with Gasteiger partial charge in [0, 0.05) is 0 Å². The fraction of sp³-hybridized carbons (Fsp3) is 0.400. The fourth-order valence-electron chi connectivity index (χ4n) is 0.625. The van der Waals surface area contributed by atoms with Gasteiger partial charge in [0.25, 0.3) is 0 Å². The molecule has 1 rings (SSSR count). The van der Waals surface area contributed by atoms with Gasteiger partial charge in [-0.3, -0.25) is 0 Å². The second-order valence-corrected chi connectivity index (χ2v) is 4.72. The molecule has 1 aromatic rings. The first kappa shape index (κ1) is 23.8. The molecular formula is C15H23CaNO2-2. The summed E-state index contributed by atoms with van der Waals surface area (Å²) in [6.07, 6.45) is 1.42. The molecule has 0 unspecified atom stereocenters. The van der Waals surface area contributed by atoms with Crippen molar-refractivity contribution >= 4 is 49.8 Å². The molecule has 0 bridgehead atoms. The first-order chi connectivity index (χ1) is 8.31. The SMILES string of the molecule is C[C-](C)C.C[C-](C)C.O=[C-]Nc1ccccc1[O-].[Ca+2]. The maximum Gasteiger partial charge on any atom is 2.00 e. The van der Waals surface area contributed by atoms with E-state index < -0.39 is 0 Å². The van der Waals surface area contributed by atoms with Crippen molar-refractivity contribution in [1.82, 2.24) is 0 Å². The van der Waals surface area contributed by atoms with Gasteiger partial charge in [0.05, 0.1) is 6.41 Å². The van der Waals surface area contributed by atoms with Gasteiger partial charge in [0.15, 0.2) is 0 Å². The Morgan fingerprint density at radius 3 is 1.68 bits per heavy atom. The summed E-state index contributed by atoms with van der Waals surface area (Å²) in [5.74, 6) is 2.63. The quantitative estimate of drug-likeness (QED) is 0.517. The van der Waals surface area contributed by atoms with Gasteiger partial charge in [-0.25, -0.2) is 0 Å². The standard InChI is InChI=1S/C7H6NO2.2C4H9.Ca/c9-5-8-6-3-1-2-4-7(6)10;2*1-4(2)3;/h1-4,10H,(H,8,9);2*1-3H3;/q3*-1;+2/p-1. The zero-order chi connectivity index (χ0) is 14.6. The van der Waals surface area contributed by atoms with Crippen LogP contribution in [-0.4, -0.2) is 44.1 Å². The summed E-state index contributed by atoms with van der Waals surface area (Å²) in [4.78, 5) is 9.75. The number of rotatable bonds is 2. The number of anilines is 1. The number of hydrogen-bond acceptors (Lipinski definition) is 2. The number of carbonyl (C=O) groups excluding carboxylic acids is 1. The Morgan fingerprint density at radius 2 is 1.37 bits per heavy atom. The van der Waals surface area contributed by atoms with E-state index in [1.807, 2.05) is 0 Å². The van der Waals surface area contributed by atoms with Crippen LogP contribution in [0.4, 0.5) is 5.69 Å². The monoisotopic (exact) mass is 289 g/mol. The third-order valence-corrected chi connectivity index (χ3v) is 1.07. The van der Waals surface area contributed by atoms with Gasteiger partial charge in [-0.1, -0.05) is 18.2 Å². The second-order valence-electron chi connectivity index (χ2n) is 4.72. The maximum atomic E-state index is 10.8. The van der Waals surface area contributed by atoms with Crippen molar-refractivity contribution in [3.8, 4) is 5.75 Å². The fourth-order valence-corrected chi connectivity index (χ4v) is 0.625. The maximum absolute atomic E-state index is 10.8. The number of benzene rings is 1. The predicted octanol–water partition coefficient (Wildman–Crippen LogP) is 3.10. The van der Waals surface area contributed by atoms with Crippen molar-refractivity contribution in [2.24, 2.45) is 0 Å². The van der Waals surface area contributed by atoms with E-state index >= 15 is 0 Å². The van der Waals surface area contributed by atoms with Crippen LogP contribution < -0.4 is 10.4 Å². The summed E-state index contributed by atoms with van der Waals surface area (Å²) in [7, 11) is 0. The molecule has 0 aliphatic heterocycles. The smallest absolute Gasteiger partial charge is 0.885 e. The third kappa shape index (κ3) is 23.3. The second kappa shape index (κ2) is 15.8. The zero-order valence-corrected chi connectivity index (χ0v) is 15.0. The summed E-state index contributed by atoms with van der Waals surface area (Å²) in [6.45, 7) is 12.5. The Kier molecular flexibility index (Phi) is 19.8. The van der Waals surface area contributed by atoms with E-state index in [1.54, 1.807) is 12.1 Å². The van der Waals surface area contributed by atoms with Crippen LogP contribution in [0.15, 0.2) is 24.3 Å². The molecule has 0 atom stereocenters. The molecule has 0 heterocycles. The number of nitrogens with one attached hydrogen (secondary N) is 1. The topological polar surface area (TPSA) is 52.2 Å². The zero-order valence-electron chi connectivity index (χ0n) is 12.8. The van der Waals surface area contributed by atoms with Crippen LogP contribution in [0.3, 0.4) is 0 Å². The third-order valence-electron chi connectivity index (χ3n) is 1.07. The van der Waals surface area contributed by atoms with E-state index in [9.17, 15) is 9.90 Å². The molecule has 0 fully saturated rings. The average Bonchev–Trinajstić information content (AvgIpc) is 2.20. The minimum Gasteiger partial charge on any atom is -0.885 e. The molecule has 1 amide bonds. The van der Waals surface area contributed by atoms with Crippen molar-refractivity contribution in [2.75, 3.05) is 5.32 Å². The largest absolute Gasteiger partial charge is 2.00 e. The van der Waals surface area contributed by atoms with Crippen LogP contribution in [0.1, 0.15) is 41.5 Å². The summed E-state index contributed by atoms with van der Waals surface area (Å²) >= 11 is 0. The van der Waals surface area contributed by atoms with Crippen LogP contribution in [0.2, 0.25) is 0 Å². The van der Waals surface area contributed by atoms with E-state index in [4.69, 9.17) is 0 Å². The average molecular weight is 289 g/mol. The Morgan fingerprint density at radius 1 is 1.00 bits per heavy atom. The Bertz CT molecular complexity index is 303. The molecular weight excluding hydrogens is 266 g/mol. The summed E-state index contributed by atoms with van der Waals surface area (Å²) < 4.78 is 0. The van der Waals surface area contributed by atoms with E-state index in [-0.39, 0.29) is 49.2 Å². The van der Waals surface area contributed by atoms with E-state index in [0.717, 1.165) is 0 Å². The van der Waals surface area contributed by atoms with Gasteiger partial charge in [-0.15, -0.1) is 11.8 Å². The van der Waals surface area contributed by atoms with Crippen LogP contribution >= 0.6 is 0 Å². The van der Waals surface area contributed by atoms with Gasteiger partial charge in [-0.05, 0) is 0 Å². The molecule has 4 heteroatoms. The molecule has 1 N–H and O–H groups in total. The molecule has 0 spiro atoms. The first-order valence-corrected chi connectivity index (χ1v) is 5.74. The molecule has 0 saturated heterocycles. The Labute approximate surface area is 147 Å². The molecule has 0 aromatic heterocycles. The van der Waals surface area contributed by atoms with Gasteiger partial charge >= 0.3 is 37.7 Å². The van der Waals surface area contributed by atoms with Gasteiger partial charge < -0.3 is 27.1 Å². The van der Waals surface area contributed by atoms with Gasteiger partial charge in [-0.2, -0.15) is 47.3 Å². The van der Waals surface area contributed by atoms with Crippen molar-refractivity contribution in [3.63, 3.8) is 0 Å². The molecule has 0 aliphatic carbocycles. The van der Waals surface area contributed by atoms with E-state index in [0.29, 0.717) is 0 Å². The molecule has 0 saturated carbocycles. The van der Waals surface area contributed by atoms with E-state index in [2.05, 4.69) is 46.9 Å². The normalized spacial score (nSPS) is 8.42. The molecule has 0 aliphatic rings. The predicted molar refractivity (Wildman–Crippen MR) is 81.5 cm³/mol. The van der Waals surface area contributed by atoms with Crippen molar-refractivity contribution in [3.05, 3.63) is 36.1 Å². The summed E-state index contributed by atoms with van der Waals surface area (Å²) in [5.41, 5.74) is 0.262. The minimum absolute atomic E-state index is 0. The van der Waals surface area contributed by atoms with Crippen molar-refractivity contribution in [1.29, 1.82) is 0 Å². The van der Waals surface area contributed by atoms with E-state index in [1.165, 1.54) is 30.4 Å². The number of para-hydroxylation sites is 2. The Balaban J connectivity index is -0.000000242. The molecule has 104 valence electrons. The molecule has 19 heavy (non-hydrogen) atoms. The van der Waals surface area contributed by atoms with Crippen LogP contribution in [0.25, 0.3) is 0 Å². The number of amides is 1. The summed E-state index contributed by atoms with van der Waals surface area (Å²) in [5, 5.41) is 12.9. The summed E-state index contributed by atoms with van der Waals surface area (Å²) in [6, 6.07) is 6.17. The molecule has 3 nitrogen and oxygen atoms in total. The van der Waals surface area contributed by atoms with Gasteiger partial charge in [0.1, 0.15) is 0 Å². The van der Waals surface area contributed by atoms with Crippen molar-refractivity contribution < 1.29 is 9.90 Å². The van der Waals surface area contributed by atoms with Gasteiger partial charge in [0.2, 0.25) is 0 Å². The number of hydrogen-bond donors (Lipinski definition) is 1. The van der Waals surface area contributed by atoms with Crippen molar-refractivity contribution in [2.45, 2.75) is 41.5 Å². The molecule has 0 radical (unpaired) electrons. The molecule has 1 aromatic carbocycles. The minimum atomic E-state index is -0.203. The van der Waals surface area contributed by atoms with Crippen LogP contribution in [0.5, 0.6) is 5.75 Å². The Hall–Kier alpha value is -0.250. The van der Waals surface area contributed by atoms with Crippen LogP contribution in [-0.2, 0) is 4.79 Å². The first-order valence-electron chi connectivity index (χ1n) is 5.74. The van der Waals surface area contributed by atoms with Crippen LogP contribution in [0, 0.1) is 11.8 Å².